The minimum absolute atomic E-state index is 0.712. The third-order valence-electron chi connectivity index (χ3n) is 4.56. The lowest BCUT2D eigenvalue weighted by molar-refractivity contribution is 0.537. The predicted octanol–water partition coefficient (Wildman–Crippen LogP) is 2.45. The van der Waals surface area contributed by atoms with Crippen molar-refractivity contribution >= 4 is 0 Å². The maximum Gasteiger partial charge on any atom is 0.0192 e. The standard InChI is InChI=1S/C17H26N2/c1-2-5-16-12-14(7-8-15(16)4-1)9-11-18-13-17-6-3-10-19-17/h7-8,12,17-19H,1-6,9-11,13H2. The molecule has 19 heavy (non-hydrogen) atoms. The normalized spacial score (nSPS) is 22.4. The summed E-state index contributed by atoms with van der Waals surface area (Å²) in [4.78, 5) is 0. The molecule has 1 unspecified atom stereocenters. The zero-order valence-electron chi connectivity index (χ0n) is 11.9. The van der Waals surface area contributed by atoms with Gasteiger partial charge in [-0.15, -0.1) is 0 Å². The average Bonchev–Trinajstić information content (AvgIpc) is 2.97. The summed E-state index contributed by atoms with van der Waals surface area (Å²) in [5.74, 6) is 0. The molecule has 0 spiro atoms. The van der Waals surface area contributed by atoms with Crippen LogP contribution in [0.3, 0.4) is 0 Å². The van der Waals surface area contributed by atoms with Crippen LogP contribution in [-0.4, -0.2) is 25.7 Å². The van der Waals surface area contributed by atoms with Crippen LogP contribution >= 0.6 is 0 Å². The molecule has 1 heterocycles. The predicted molar refractivity (Wildman–Crippen MR) is 80.7 cm³/mol. The Bertz CT molecular complexity index is 408. The molecule has 1 aliphatic carbocycles. The molecule has 2 nitrogen and oxygen atoms in total. The first-order valence-electron chi connectivity index (χ1n) is 7.96. The Morgan fingerprint density at radius 3 is 2.84 bits per heavy atom. The lowest BCUT2D eigenvalue weighted by Crippen LogP contribution is -2.34. The van der Waals surface area contributed by atoms with Crippen molar-refractivity contribution in [1.29, 1.82) is 0 Å². The van der Waals surface area contributed by atoms with E-state index in [0.717, 1.165) is 13.1 Å². The highest BCUT2D eigenvalue weighted by Crippen LogP contribution is 2.22. The molecular formula is C17H26N2. The van der Waals surface area contributed by atoms with Gasteiger partial charge in [0.15, 0.2) is 0 Å². The summed E-state index contributed by atoms with van der Waals surface area (Å²) >= 11 is 0. The van der Waals surface area contributed by atoms with Gasteiger partial charge in [-0.2, -0.15) is 0 Å². The largest absolute Gasteiger partial charge is 0.315 e. The maximum atomic E-state index is 3.59. The molecule has 0 amide bonds. The highest BCUT2D eigenvalue weighted by atomic mass is 15.0. The van der Waals surface area contributed by atoms with Gasteiger partial charge in [-0.1, -0.05) is 18.2 Å². The maximum absolute atomic E-state index is 3.59. The van der Waals surface area contributed by atoms with Gasteiger partial charge in [-0.3, -0.25) is 0 Å². The Hall–Kier alpha value is -0.860. The fraction of sp³-hybridized carbons (Fsp3) is 0.647. The van der Waals surface area contributed by atoms with E-state index in [1.54, 1.807) is 11.1 Å². The molecule has 0 bridgehead atoms. The number of hydrogen-bond acceptors (Lipinski definition) is 2. The zero-order chi connectivity index (χ0) is 12.9. The quantitative estimate of drug-likeness (QED) is 0.793. The number of rotatable bonds is 5. The number of benzene rings is 1. The summed E-state index contributed by atoms with van der Waals surface area (Å²) in [6, 6.07) is 7.86. The molecule has 0 aromatic heterocycles. The number of nitrogens with one attached hydrogen (secondary N) is 2. The molecule has 2 N–H and O–H groups in total. The molecular weight excluding hydrogens is 232 g/mol. The molecule has 2 aliphatic rings. The Morgan fingerprint density at radius 2 is 2.00 bits per heavy atom. The Balaban J connectivity index is 1.44. The third-order valence-corrected chi connectivity index (χ3v) is 4.56. The molecule has 0 radical (unpaired) electrons. The van der Waals surface area contributed by atoms with E-state index in [-0.39, 0.29) is 0 Å². The lowest BCUT2D eigenvalue weighted by Gasteiger charge is -2.17. The van der Waals surface area contributed by atoms with Gasteiger partial charge in [0.1, 0.15) is 0 Å². The summed E-state index contributed by atoms with van der Waals surface area (Å²) in [5.41, 5.74) is 4.71. The Labute approximate surface area is 117 Å². The number of hydrogen-bond donors (Lipinski definition) is 2. The van der Waals surface area contributed by atoms with Crippen molar-refractivity contribution in [3.8, 4) is 0 Å². The van der Waals surface area contributed by atoms with Crippen LogP contribution in [0.4, 0.5) is 0 Å². The smallest absolute Gasteiger partial charge is 0.0192 e. The van der Waals surface area contributed by atoms with Crippen molar-refractivity contribution in [2.75, 3.05) is 19.6 Å². The van der Waals surface area contributed by atoms with Crippen molar-refractivity contribution in [1.82, 2.24) is 10.6 Å². The van der Waals surface area contributed by atoms with Gasteiger partial charge in [-0.05, 0) is 74.7 Å². The molecule has 1 aromatic rings. The van der Waals surface area contributed by atoms with Crippen molar-refractivity contribution in [3.05, 3.63) is 34.9 Å². The van der Waals surface area contributed by atoms with Crippen molar-refractivity contribution < 1.29 is 0 Å². The van der Waals surface area contributed by atoms with Crippen LogP contribution in [0.15, 0.2) is 18.2 Å². The van der Waals surface area contributed by atoms with E-state index in [0.29, 0.717) is 6.04 Å². The van der Waals surface area contributed by atoms with Gasteiger partial charge in [0.05, 0.1) is 0 Å². The van der Waals surface area contributed by atoms with Crippen molar-refractivity contribution in [3.63, 3.8) is 0 Å². The first kappa shape index (κ1) is 13.1. The summed E-state index contributed by atoms with van der Waals surface area (Å²) < 4.78 is 0. The Morgan fingerprint density at radius 1 is 1.11 bits per heavy atom. The van der Waals surface area contributed by atoms with Crippen LogP contribution in [0, 0.1) is 0 Å². The number of aryl methyl sites for hydroxylation is 2. The van der Waals surface area contributed by atoms with Crippen molar-refractivity contribution in [2.45, 2.75) is 51.0 Å². The summed E-state index contributed by atoms with van der Waals surface area (Å²) in [5, 5.41) is 7.13. The fourth-order valence-corrected chi connectivity index (χ4v) is 3.38. The van der Waals surface area contributed by atoms with Gasteiger partial charge >= 0.3 is 0 Å². The number of fused-ring (bicyclic) bond motifs is 1. The van der Waals surface area contributed by atoms with E-state index in [2.05, 4.69) is 28.8 Å². The molecule has 2 heteroatoms. The molecule has 1 fully saturated rings. The first-order chi connectivity index (χ1) is 9.42. The topological polar surface area (TPSA) is 24.1 Å². The first-order valence-corrected chi connectivity index (χ1v) is 7.96. The van der Waals surface area contributed by atoms with Gasteiger partial charge in [-0.25, -0.2) is 0 Å². The van der Waals surface area contributed by atoms with E-state index in [9.17, 15) is 0 Å². The van der Waals surface area contributed by atoms with Crippen LogP contribution in [-0.2, 0) is 19.3 Å². The molecule has 104 valence electrons. The second kappa shape index (κ2) is 6.53. The second-order valence-electron chi connectivity index (χ2n) is 6.06. The monoisotopic (exact) mass is 258 g/mol. The van der Waals surface area contributed by atoms with Gasteiger partial charge in [0.2, 0.25) is 0 Å². The molecule has 1 aromatic carbocycles. The van der Waals surface area contributed by atoms with E-state index in [1.807, 2.05) is 0 Å². The minimum Gasteiger partial charge on any atom is -0.315 e. The van der Waals surface area contributed by atoms with Gasteiger partial charge in [0.25, 0.3) is 0 Å². The highest BCUT2D eigenvalue weighted by Gasteiger charge is 2.13. The summed E-state index contributed by atoms with van der Waals surface area (Å²) in [7, 11) is 0. The summed E-state index contributed by atoms with van der Waals surface area (Å²) in [6.45, 7) is 3.44. The van der Waals surface area contributed by atoms with E-state index < -0.39 is 0 Å². The SMILES string of the molecule is c1cc2c(cc1CCNCC1CCCN1)CCCC2. The third kappa shape index (κ3) is 3.58. The van der Waals surface area contributed by atoms with E-state index in [4.69, 9.17) is 0 Å². The second-order valence-corrected chi connectivity index (χ2v) is 6.06. The van der Waals surface area contributed by atoms with Crippen LogP contribution in [0.5, 0.6) is 0 Å². The minimum atomic E-state index is 0.712. The van der Waals surface area contributed by atoms with Crippen LogP contribution in [0.1, 0.15) is 42.4 Å². The van der Waals surface area contributed by atoms with Gasteiger partial charge in [0, 0.05) is 12.6 Å². The molecule has 3 rings (SSSR count). The van der Waals surface area contributed by atoms with Crippen LogP contribution in [0.2, 0.25) is 0 Å². The Kier molecular flexibility index (Phi) is 4.52. The molecule has 0 saturated carbocycles. The summed E-state index contributed by atoms with van der Waals surface area (Å²) in [6.07, 6.45) is 9.19. The van der Waals surface area contributed by atoms with E-state index >= 15 is 0 Å². The average molecular weight is 258 g/mol. The van der Waals surface area contributed by atoms with Crippen LogP contribution in [0.25, 0.3) is 0 Å². The zero-order valence-corrected chi connectivity index (χ0v) is 11.9. The highest BCUT2D eigenvalue weighted by molar-refractivity contribution is 5.33. The molecule has 1 saturated heterocycles. The van der Waals surface area contributed by atoms with E-state index in [1.165, 1.54) is 57.1 Å². The van der Waals surface area contributed by atoms with Crippen molar-refractivity contribution in [2.24, 2.45) is 0 Å². The fourth-order valence-electron chi connectivity index (χ4n) is 3.38. The molecule has 1 aliphatic heterocycles. The molecule has 1 atom stereocenters. The van der Waals surface area contributed by atoms with Gasteiger partial charge < -0.3 is 10.6 Å². The lowest BCUT2D eigenvalue weighted by atomic mass is 9.90. The van der Waals surface area contributed by atoms with Crippen LogP contribution < -0.4 is 10.6 Å².